The minimum Gasteiger partial charge on any atom is -0.337 e. The van der Waals surface area contributed by atoms with Crippen molar-refractivity contribution in [2.24, 2.45) is 0 Å². The van der Waals surface area contributed by atoms with Gasteiger partial charge in [-0.1, -0.05) is 24.3 Å². The molecular formula is C18H15F2N3O. The van der Waals surface area contributed by atoms with Gasteiger partial charge in [-0.3, -0.25) is 4.79 Å². The molecule has 0 unspecified atom stereocenters. The zero-order valence-electron chi connectivity index (χ0n) is 13.0. The maximum Gasteiger partial charge on any atom is 0.257 e. The van der Waals surface area contributed by atoms with Crippen molar-refractivity contribution in [1.82, 2.24) is 14.7 Å². The summed E-state index contributed by atoms with van der Waals surface area (Å²) in [5, 5.41) is 4.17. The molecule has 4 nitrogen and oxygen atoms in total. The average Bonchev–Trinajstić information content (AvgIpc) is 3.07. The van der Waals surface area contributed by atoms with Gasteiger partial charge in [0.25, 0.3) is 5.91 Å². The van der Waals surface area contributed by atoms with Gasteiger partial charge in [0.2, 0.25) is 0 Å². The first-order valence-corrected chi connectivity index (χ1v) is 7.34. The van der Waals surface area contributed by atoms with Crippen molar-refractivity contribution in [3.8, 4) is 5.69 Å². The molecule has 0 aliphatic rings. The smallest absolute Gasteiger partial charge is 0.257 e. The summed E-state index contributed by atoms with van der Waals surface area (Å²) in [6.07, 6.45) is 3.09. The lowest BCUT2D eigenvalue weighted by Crippen LogP contribution is -2.26. The highest BCUT2D eigenvalue weighted by molar-refractivity contribution is 5.93. The van der Waals surface area contributed by atoms with E-state index >= 15 is 0 Å². The van der Waals surface area contributed by atoms with Crippen molar-refractivity contribution in [1.29, 1.82) is 0 Å². The summed E-state index contributed by atoms with van der Waals surface area (Å²) >= 11 is 0. The highest BCUT2D eigenvalue weighted by Gasteiger charge is 2.16. The third kappa shape index (κ3) is 3.32. The third-order valence-electron chi connectivity index (χ3n) is 3.62. The van der Waals surface area contributed by atoms with Crippen LogP contribution in [0.25, 0.3) is 5.69 Å². The van der Waals surface area contributed by atoms with Crippen molar-refractivity contribution >= 4 is 5.91 Å². The lowest BCUT2D eigenvalue weighted by atomic mass is 10.2. The Bertz CT molecular complexity index is 862. The predicted molar refractivity (Wildman–Crippen MR) is 85.7 cm³/mol. The normalized spacial score (nSPS) is 10.6. The van der Waals surface area contributed by atoms with Gasteiger partial charge < -0.3 is 4.90 Å². The Morgan fingerprint density at radius 1 is 1.17 bits per heavy atom. The van der Waals surface area contributed by atoms with Gasteiger partial charge in [0, 0.05) is 31.4 Å². The molecule has 0 bridgehead atoms. The molecule has 0 radical (unpaired) electrons. The number of hydrogen-bond acceptors (Lipinski definition) is 2. The first-order chi connectivity index (χ1) is 11.5. The summed E-state index contributed by atoms with van der Waals surface area (Å²) in [6.45, 7) is 0.0431. The van der Waals surface area contributed by atoms with Crippen LogP contribution in [0.5, 0.6) is 0 Å². The maximum absolute atomic E-state index is 13.7. The van der Waals surface area contributed by atoms with Gasteiger partial charge in [0.05, 0.1) is 17.4 Å². The molecule has 0 aliphatic heterocycles. The number of carbonyl (C=O) groups is 1. The van der Waals surface area contributed by atoms with Crippen molar-refractivity contribution < 1.29 is 13.6 Å². The van der Waals surface area contributed by atoms with Gasteiger partial charge in [0.15, 0.2) is 0 Å². The number of aromatic nitrogens is 2. The number of benzene rings is 2. The minimum absolute atomic E-state index is 0.0431. The van der Waals surface area contributed by atoms with E-state index in [9.17, 15) is 13.6 Å². The van der Waals surface area contributed by atoms with Crippen LogP contribution in [-0.4, -0.2) is 27.6 Å². The van der Waals surface area contributed by atoms with Crippen molar-refractivity contribution in [3.05, 3.63) is 83.7 Å². The summed E-state index contributed by atoms with van der Waals surface area (Å²) in [7, 11) is 1.56. The van der Waals surface area contributed by atoms with E-state index in [4.69, 9.17) is 0 Å². The van der Waals surface area contributed by atoms with Crippen LogP contribution >= 0.6 is 0 Å². The maximum atomic E-state index is 13.7. The summed E-state index contributed by atoms with van der Waals surface area (Å²) in [4.78, 5) is 13.8. The molecule has 0 atom stereocenters. The molecule has 0 aliphatic carbocycles. The fourth-order valence-corrected chi connectivity index (χ4v) is 2.35. The van der Waals surface area contributed by atoms with Gasteiger partial charge in [-0.15, -0.1) is 0 Å². The van der Waals surface area contributed by atoms with E-state index in [2.05, 4.69) is 5.10 Å². The first kappa shape index (κ1) is 15.9. The summed E-state index contributed by atoms with van der Waals surface area (Å²) in [6, 6.07) is 12.7. The lowest BCUT2D eigenvalue weighted by Gasteiger charge is -2.16. The van der Waals surface area contributed by atoms with Gasteiger partial charge in [-0.25, -0.2) is 13.5 Å². The first-order valence-electron chi connectivity index (χ1n) is 7.34. The Morgan fingerprint density at radius 2 is 1.92 bits per heavy atom. The molecule has 1 heterocycles. The van der Waals surface area contributed by atoms with E-state index < -0.39 is 11.6 Å². The topological polar surface area (TPSA) is 38.1 Å². The van der Waals surface area contributed by atoms with Crippen LogP contribution in [0.3, 0.4) is 0 Å². The number of carbonyl (C=O) groups excluding carboxylic acids is 1. The molecule has 24 heavy (non-hydrogen) atoms. The largest absolute Gasteiger partial charge is 0.337 e. The second kappa shape index (κ2) is 6.62. The highest BCUT2D eigenvalue weighted by atomic mass is 19.1. The quantitative estimate of drug-likeness (QED) is 0.736. The van der Waals surface area contributed by atoms with Gasteiger partial charge in [-0.2, -0.15) is 5.10 Å². The fraction of sp³-hybridized carbons (Fsp3) is 0.111. The molecule has 122 valence electrons. The molecular weight excluding hydrogens is 312 g/mol. The van der Waals surface area contributed by atoms with Crippen LogP contribution in [0.15, 0.2) is 60.9 Å². The number of rotatable bonds is 4. The van der Waals surface area contributed by atoms with Crippen LogP contribution in [0.1, 0.15) is 15.9 Å². The number of nitrogens with zero attached hydrogens (tertiary/aromatic N) is 3. The average molecular weight is 327 g/mol. The van der Waals surface area contributed by atoms with E-state index in [0.29, 0.717) is 5.56 Å². The molecule has 0 fully saturated rings. The zero-order valence-corrected chi connectivity index (χ0v) is 13.0. The fourth-order valence-electron chi connectivity index (χ4n) is 2.35. The van der Waals surface area contributed by atoms with E-state index in [0.717, 1.165) is 11.8 Å². The Balaban J connectivity index is 1.75. The SMILES string of the molecule is CN(Cc1ccc(F)cc1F)C(=O)c1cnn(-c2ccccc2)c1. The molecule has 3 aromatic rings. The Hall–Kier alpha value is -3.02. The molecule has 1 aromatic heterocycles. The van der Waals surface area contributed by atoms with E-state index in [-0.39, 0.29) is 18.0 Å². The van der Waals surface area contributed by atoms with Gasteiger partial charge in [0.1, 0.15) is 11.6 Å². The zero-order chi connectivity index (χ0) is 17.1. The van der Waals surface area contributed by atoms with Crippen LogP contribution in [0.4, 0.5) is 8.78 Å². The Morgan fingerprint density at radius 3 is 2.62 bits per heavy atom. The van der Waals surface area contributed by atoms with E-state index in [1.807, 2.05) is 30.3 Å². The number of halogens is 2. The van der Waals surface area contributed by atoms with Gasteiger partial charge in [-0.05, 0) is 18.2 Å². The molecule has 2 aromatic carbocycles. The number of para-hydroxylation sites is 1. The van der Waals surface area contributed by atoms with Crippen LogP contribution in [0.2, 0.25) is 0 Å². The number of amides is 1. The van der Waals surface area contributed by atoms with Gasteiger partial charge >= 0.3 is 0 Å². The second-order valence-electron chi connectivity index (χ2n) is 5.41. The van der Waals surface area contributed by atoms with E-state index in [1.165, 1.54) is 23.2 Å². The van der Waals surface area contributed by atoms with E-state index in [1.54, 1.807) is 17.9 Å². The molecule has 1 amide bonds. The molecule has 0 N–H and O–H groups in total. The molecule has 3 rings (SSSR count). The second-order valence-corrected chi connectivity index (χ2v) is 5.41. The Labute approximate surface area is 138 Å². The lowest BCUT2D eigenvalue weighted by molar-refractivity contribution is 0.0784. The Kier molecular flexibility index (Phi) is 4.37. The summed E-state index contributed by atoms with van der Waals surface area (Å²) in [5.74, 6) is -1.61. The molecule has 0 saturated heterocycles. The highest BCUT2D eigenvalue weighted by Crippen LogP contribution is 2.14. The van der Waals surface area contributed by atoms with Crippen molar-refractivity contribution in [2.75, 3.05) is 7.05 Å². The standard InChI is InChI=1S/C18H15F2N3O/c1-22(11-13-7-8-15(19)9-17(13)20)18(24)14-10-21-23(12-14)16-5-3-2-4-6-16/h2-10,12H,11H2,1H3. The predicted octanol–water partition coefficient (Wildman–Crippen LogP) is 3.42. The van der Waals surface area contributed by atoms with Crippen LogP contribution in [-0.2, 0) is 6.54 Å². The third-order valence-corrected chi connectivity index (χ3v) is 3.62. The molecule has 0 spiro atoms. The molecule has 0 saturated carbocycles. The van der Waals surface area contributed by atoms with Crippen LogP contribution < -0.4 is 0 Å². The summed E-state index contributed by atoms with van der Waals surface area (Å²) in [5.41, 5.74) is 1.48. The minimum atomic E-state index is -0.672. The molecule has 6 heteroatoms. The monoisotopic (exact) mass is 327 g/mol. The van der Waals surface area contributed by atoms with Crippen LogP contribution in [0, 0.1) is 11.6 Å². The van der Waals surface area contributed by atoms with Crippen molar-refractivity contribution in [2.45, 2.75) is 6.54 Å². The van der Waals surface area contributed by atoms with Crippen molar-refractivity contribution in [3.63, 3.8) is 0 Å². The summed E-state index contributed by atoms with van der Waals surface area (Å²) < 4.78 is 28.2. The number of hydrogen-bond donors (Lipinski definition) is 0.